The Bertz CT molecular complexity index is 400. The highest BCUT2D eigenvalue weighted by molar-refractivity contribution is 9.10. The maximum Gasteiger partial charge on any atom is 0.379 e. The molecule has 5 heteroatoms. The van der Waals surface area contributed by atoms with Crippen LogP contribution in [0.3, 0.4) is 0 Å². The van der Waals surface area contributed by atoms with Crippen LogP contribution in [0.25, 0.3) is 0 Å². The normalized spacial score (nSPS) is 9.73. The minimum atomic E-state index is -0.967. The highest BCUT2D eigenvalue weighted by Crippen LogP contribution is 2.27. The molecule has 0 aliphatic rings. The Labute approximate surface area is 95.0 Å². The number of rotatable bonds is 3. The molecule has 0 unspecified atom stereocenters. The number of carbonyl (C=O) groups is 2. The molecule has 15 heavy (non-hydrogen) atoms. The number of phenolic OH excluding ortho intramolecular Hbond substituents is 1. The molecule has 0 saturated carbocycles. The van der Waals surface area contributed by atoms with Gasteiger partial charge in [0.1, 0.15) is 5.75 Å². The van der Waals surface area contributed by atoms with Gasteiger partial charge >= 0.3 is 5.97 Å². The number of halogens is 1. The van der Waals surface area contributed by atoms with E-state index in [9.17, 15) is 14.7 Å². The van der Waals surface area contributed by atoms with E-state index >= 15 is 0 Å². The summed E-state index contributed by atoms with van der Waals surface area (Å²) >= 11 is 3.05. The molecule has 0 aromatic heterocycles. The zero-order valence-corrected chi connectivity index (χ0v) is 9.58. The lowest BCUT2D eigenvalue weighted by Gasteiger charge is -2.04. The van der Waals surface area contributed by atoms with Gasteiger partial charge in [-0.05, 0) is 35.0 Å². The summed E-state index contributed by atoms with van der Waals surface area (Å²) in [7, 11) is 0. The van der Waals surface area contributed by atoms with Crippen molar-refractivity contribution in [1.82, 2.24) is 0 Å². The molecule has 0 spiro atoms. The number of aromatic hydroxyl groups is 1. The van der Waals surface area contributed by atoms with Crippen molar-refractivity contribution in [2.45, 2.75) is 6.92 Å². The molecule has 0 radical (unpaired) electrons. The van der Waals surface area contributed by atoms with Crippen molar-refractivity contribution in [2.24, 2.45) is 0 Å². The van der Waals surface area contributed by atoms with Crippen LogP contribution in [0.5, 0.6) is 5.75 Å². The summed E-state index contributed by atoms with van der Waals surface area (Å²) in [6.45, 7) is 1.73. The molecule has 0 saturated heterocycles. The largest absolute Gasteiger partial charge is 0.506 e. The molecule has 0 bridgehead atoms. The molecular weight excluding hydrogens is 264 g/mol. The number of Topliss-reactive ketones (excluding diaryl/α,β-unsaturated/α-hetero) is 1. The molecule has 80 valence electrons. The number of ketones is 1. The van der Waals surface area contributed by atoms with Gasteiger partial charge in [0.05, 0.1) is 16.6 Å². The molecule has 1 aromatic rings. The molecule has 0 heterocycles. The van der Waals surface area contributed by atoms with Gasteiger partial charge in [0, 0.05) is 0 Å². The maximum atomic E-state index is 11.5. The number of para-hydroxylation sites is 1. The third-order valence-corrected chi connectivity index (χ3v) is 2.33. The number of benzene rings is 1. The zero-order valence-electron chi connectivity index (χ0n) is 7.99. The minimum Gasteiger partial charge on any atom is -0.506 e. The summed E-state index contributed by atoms with van der Waals surface area (Å²) in [6, 6.07) is 4.48. The Morgan fingerprint density at radius 3 is 2.73 bits per heavy atom. The van der Waals surface area contributed by atoms with Crippen molar-refractivity contribution < 1.29 is 19.4 Å². The molecule has 0 atom stereocenters. The Morgan fingerprint density at radius 2 is 2.13 bits per heavy atom. The van der Waals surface area contributed by atoms with Crippen LogP contribution in [-0.4, -0.2) is 23.5 Å². The number of phenols is 1. The fourth-order valence-electron chi connectivity index (χ4n) is 1.01. The first-order valence-corrected chi connectivity index (χ1v) is 5.06. The van der Waals surface area contributed by atoms with Gasteiger partial charge in [-0.1, -0.05) is 6.07 Å². The van der Waals surface area contributed by atoms with Crippen molar-refractivity contribution in [1.29, 1.82) is 0 Å². The first kappa shape index (κ1) is 11.7. The number of hydrogen-bond donors (Lipinski definition) is 1. The Balaban J connectivity index is 3.01. The number of esters is 1. The molecule has 1 aromatic carbocycles. The van der Waals surface area contributed by atoms with Gasteiger partial charge in [-0.3, -0.25) is 4.79 Å². The van der Waals surface area contributed by atoms with Crippen LogP contribution in [0.2, 0.25) is 0 Å². The number of hydrogen-bond acceptors (Lipinski definition) is 4. The maximum absolute atomic E-state index is 11.5. The summed E-state index contributed by atoms with van der Waals surface area (Å²) in [6.07, 6.45) is 0. The van der Waals surface area contributed by atoms with Gasteiger partial charge in [-0.15, -0.1) is 0 Å². The highest BCUT2D eigenvalue weighted by atomic mass is 79.9. The van der Waals surface area contributed by atoms with Crippen LogP contribution in [0.1, 0.15) is 17.3 Å². The van der Waals surface area contributed by atoms with Crippen LogP contribution >= 0.6 is 15.9 Å². The Hall–Kier alpha value is -1.36. The van der Waals surface area contributed by atoms with Gasteiger partial charge in [0.15, 0.2) is 0 Å². The van der Waals surface area contributed by atoms with E-state index in [4.69, 9.17) is 0 Å². The molecule has 0 amide bonds. The van der Waals surface area contributed by atoms with E-state index in [1.165, 1.54) is 6.07 Å². The van der Waals surface area contributed by atoms with Gasteiger partial charge in [0.2, 0.25) is 0 Å². The molecule has 0 fully saturated rings. The average Bonchev–Trinajstić information content (AvgIpc) is 2.21. The second kappa shape index (κ2) is 4.93. The average molecular weight is 273 g/mol. The van der Waals surface area contributed by atoms with E-state index in [2.05, 4.69) is 20.7 Å². The lowest BCUT2D eigenvalue weighted by Crippen LogP contribution is -2.17. The smallest absolute Gasteiger partial charge is 0.379 e. The molecule has 0 aliphatic carbocycles. The van der Waals surface area contributed by atoms with E-state index in [-0.39, 0.29) is 17.9 Å². The third-order valence-electron chi connectivity index (χ3n) is 1.69. The fraction of sp³-hybridized carbons (Fsp3) is 0.200. The van der Waals surface area contributed by atoms with E-state index in [0.717, 1.165) is 0 Å². The van der Waals surface area contributed by atoms with Crippen molar-refractivity contribution in [2.75, 3.05) is 6.61 Å². The van der Waals surface area contributed by atoms with Crippen molar-refractivity contribution in [3.05, 3.63) is 28.2 Å². The molecule has 4 nitrogen and oxygen atoms in total. The molecule has 1 rings (SSSR count). The van der Waals surface area contributed by atoms with Crippen LogP contribution in [0.4, 0.5) is 0 Å². The highest BCUT2D eigenvalue weighted by Gasteiger charge is 2.21. The summed E-state index contributed by atoms with van der Waals surface area (Å²) in [5.41, 5.74) is -0.0668. The predicted octanol–water partition coefficient (Wildman–Crippen LogP) is 1.90. The standard InChI is InChI=1S/C10H9BrO4/c1-2-15-10(14)9(13)6-4-3-5-7(11)8(6)12/h3-5,12H,2H2,1H3. The second-order valence-electron chi connectivity index (χ2n) is 2.69. The quantitative estimate of drug-likeness (QED) is 0.519. The molecule has 0 aliphatic heterocycles. The SMILES string of the molecule is CCOC(=O)C(=O)c1cccc(Br)c1O. The van der Waals surface area contributed by atoms with Crippen LogP contribution in [-0.2, 0) is 9.53 Å². The number of ether oxygens (including phenoxy) is 1. The van der Waals surface area contributed by atoms with E-state index in [0.29, 0.717) is 4.47 Å². The summed E-state index contributed by atoms with van der Waals surface area (Å²) in [4.78, 5) is 22.6. The first-order chi connectivity index (χ1) is 7.07. The fourth-order valence-corrected chi connectivity index (χ4v) is 1.37. The number of carbonyl (C=O) groups excluding carboxylic acids is 2. The van der Waals surface area contributed by atoms with Gasteiger partial charge in [0.25, 0.3) is 5.78 Å². The summed E-state index contributed by atoms with van der Waals surface area (Å²) in [5, 5.41) is 9.51. The summed E-state index contributed by atoms with van der Waals surface area (Å²) in [5.74, 6) is -2.07. The minimum absolute atomic E-state index is 0.0668. The monoisotopic (exact) mass is 272 g/mol. The predicted molar refractivity (Wildman–Crippen MR) is 56.8 cm³/mol. The van der Waals surface area contributed by atoms with Gasteiger partial charge < -0.3 is 9.84 Å². The first-order valence-electron chi connectivity index (χ1n) is 4.26. The third kappa shape index (κ3) is 2.56. The van der Waals surface area contributed by atoms with Crippen LogP contribution < -0.4 is 0 Å². The van der Waals surface area contributed by atoms with Gasteiger partial charge in [-0.25, -0.2) is 4.79 Å². The van der Waals surface area contributed by atoms with Gasteiger partial charge in [-0.2, -0.15) is 0 Å². The van der Waals surface area contributed by atoms with Crippen molar-refractivity contribution in [3.63, 3.8) is 0 Å². The van der Waals surface area contributed by atoms with Crippen LogP contribution in [0, 0.1) is 0 Å². The molecule has 1 N–H and O–H groups in total. The lowest BCUT2D eigenvalue weighted by molar-refractivity contribution is -0.137. The Morgan fingerprint density at radius 1 is 1.47 bits per heavy atom. The van der Waals surface area contributed by atoms with Crippen LogP contribution in [0.15, 0.2) is 22.7 Å². The topological polar surface area (TPSA) is 63.6 Å². The zero-order chi connectivity index (χ0) is 11.4. The van der Waals surface area contributed by atoms with Crippen molar-refractivity contribution >= 4 is 27.7 Å². The Kier molecular flexibility index (Phi) is 3.85. The van der Waals surface area contributed by atoms with E-state index < -0.39 is 11.8 Å². The van der Waals surface area contributed by atoms with E-state index in [1.54, 1.807) is 19.1 Å². The lowest BCUT2D eigenvalue weighted by atomic mass is 10.1. The van der Waals surface area contributed by atoms with E-state index in [1.807, 2.05) is 0 Å². The summed E-state index contributed by atoms with van der Waals surface area (Å²) < 4.78 is 4.90. The van der Waals surface area contributed by atoms with Crippen molar-refractivity contribution in [3.8, 4) is 5.75 Å². The second-order valence-corrected chi connectivity index (χ2v) is 3.54. The molecular formula is C10H9BrO4.